The fraction of sp³-hybridized carbons (Fsp3) is 0.900. The maximum atomic E-state index is 13.0. The van der Waals surface area contributed by atoms with E-state index < -0.39 is 54.6 Å². The van der Waals surface area contributed by atoms with Gasteiger partial charge < -0.3 is 46.1 Å². The predicted molar refractivity (Wildman–Crippen MR) is 263 cm³/mol. The summed E-state index contributed by atoms with van der Waals surface area (Å²) in [6, 6.07) is -2.37. The van der Waals surface area contributed by atoms with Gasteiger partial charge in [0.2, 0.25) is 5.91 Å². The molecule has 8 N–H and O–H groups in total. The Labute approximate surface area is 401 Å². The van der Waals surface area contributed by atoms with E-state index >= 15 is 0 Å². The van der Waals surface area contributed by atoms with E-state index in [-0.39, 0.29) is 42.3 Å². The Morgan fingerprint density at radius 1 is 0.591 bits per heavy atom. The van der Waals surface area contributed by atoms with Gasteiger partial charge in [0.05, 0.1) is 12.2 Å². The Balaban J connectivity index is 1.73. The average Bonchev–Trinajstić information content (AvgIpc) is 3.76. The Kier molecular flexibility index (Phi) is 34.9. The molecule has 1 aromatic rings. The van der Waals surface area contributed by atoms with Gasteiger partial charge in [0, 0.05) is 24.3 Å². The van der Waals surface area contributed by atoms with E-state index in [1.807, 2.05) is 0 Å². The summed E-state index contributed by atoms with van der Waals surface area (Å²) < 4.78 is 12.4. The van der Waals surface area contributed by atoms with Gasteiger partial charge in [-0.05, 0) is 12.8 Å². The van der Waals surface area contributed by atoms with Crippen LogP contribution in [-0.4, -0.2) is 119 Å². The number of aliphatic hydroxyl groups is 5. The maximum Gasteiger partial charge on any atom is 0.306 e. The number of thioether (sulfide) groups is 1. The molecular weight excluding hydrogens is 863 g/mol. The van der Waals surface area contributed by atoms with Crippen molar-refractivity contribution in [3.8, 4) is 0 Å². The first-order valence-corrected chi connectivity index (χ1v) is 27.5. The normalized spacial score (nSPS) is 20.5. The van der Waals surface area contributed by atoms with Gasteiger partial charge in [-0.2, -0.15) is 11.8 Å². The number of amides is 1. The van der Waals surface area contributed by atoms with Crippen LogP contribution in [-0.2, 0) is 23.9 Å². The zero-order chi connectivity index (χ0) is 48.2. The molecule has 0 aliphatic heterocycles. The number of nitrogens with two attached hydrogens (primary N) is 1. The highest BCUT2D eigenvalue weighted by Crippen LogP contribution is 2.30. The topological polar surface area (TPSA) is 240 Å². The third-order valence-electron chi connectivity index (χ3n) is 12.8. The lowest BCUT2D eigenvalue weighted by Gasteiger charge is -2.41. The Bertz CT molecular complexity index is 1360. The average molecular weight is 956 g/mol. The number of unbranched alkanes of at least 4 members (excludes halogenated alkanes) is 28. The molecule has 15 nitrogen and oxygen atoms in total. The summed E-state index contributed by atoms with van der Waals surface area (Å²) >= 11 is 1.28. The minimum absolute atomic E-state index is 0.0541. The molecule has 1 amide bonds. The largest absolute Gasteiger partial charge is 0.462 e. The standard InChI is InChI=1S/C50H93N5O10S/c1-3-5-7-9-11-13-15-17-19-21-23-25-27-29-31-33-42(56)64-36-39(65-43(57)34-32-30-28-26-24-22-20-18-16-14-12-10-8-6-4-2)37-66-38-40(51)50(63)52-41-35-55(54-53-41)44-45(58)47(60)49(62)48(61)46(44)59/h35,39-40,44-49,58-62H,3-34,36-38,51H2,1-2H3,(H,52,63)/t39-,40+,44?,45-,46-,47-,48-,49?/m1/s1. The van der Waals surface area contributed by atoms with Gasteiger partial charge in [-0.3, -0.25) is 14.4 Å². The van der Waals surface area contributed by atoms with Gasteiger partial charge >= 0.3 is 11.9 Å². The molecule has 0 bridgehead atoms. The summed E-state index contributed by atoms with van der Waals surface area (Å²) in [4.78, 5) is 38.6. The molecule has 6 atom stereocenters. The molecule has 0 aromatic carbocycles. The zero-order valence-corrected chi connectivity index (χ0v) is 41.9. The second-order valence-electron chi connectivity index (χ2n) is 18.9. The molecule has 2 rings (SSSR count). The maximum absolute atomic E-state index is 13.0. The molecule has 1 heterocycles. The molecule has 0 unspecified atom stereocenters. The first-order chi connectivity index (χ1) is 32.0. The molecule has 1 aliphatic rings. The minimum Gasteiger partial charge on any atom is -0.462 e. The van der Waals surface area contributed by atoms with Crippen LogP contribution >= 0.6 is 11.8 Å². The van der Waals surface area contributed by atoms with Crippen molar-refractivity contribution in [2.45, 2.75) is 268 Å². The fourth-order valence-corrected chi connectivity index (χ4v) is 9.49. The van der Waals surface area contributed by atoms with Crippen LogP contribution in [0.2, 0.25) is 0 Å². The summed E-state index contributed by atoms with van der Waals surface area (Å²) in [7, 11) is 0. The molecule has 384 valence electrons. The number of ether oxygens (including phenoxy) is 2. The fourth-order valence-electron chi connectivity index (χ4n) is 8.53. The number of esters is 2. The number of rotatable bonds is 42. The molecule has 16 heteroatoms. The Hall–Kier alpha value is -2.34. The van der Waals surface area contributed by atoms with Gasteiger partial charge in [-0.15, -0.1) is 5.10 Å². The molecule has 66 heavy (non-hydrogen) atoms. The van der Waals surface area contributed by atoms with E-state index in [1.165, 1.54) is 172 Å². The molecule has 1 aromatic heterocycles. The first-order valence-electron chi connectivity index (χ1n) is 26.3. The van der Waals surface area contributed by atoms with Crippen LogP contribution < -0.4 is 11.1 Å². The van der Waals surface area contributed by atoms with Crippen molar-refractivity contribution >= 4 is 35.4 Å². The van der Waals surface area contributed by atoms with Crippen LogP contribution in [0.25, 0.3) is 0 Å². The third-order valence-corrected chi connectivity index (χ3v) is 14.0. The molecule has 1 saturated carbocycles. The summed E-state index contributed by atoms with van der Waals surface area (Å²) in [5.74, 6) is -0.941. The van der Waals surface area contributed by atoms with Crippen molar-refractivity contribution < 1.29 is 49.4 Å². The van der Waals surface area contributed by atoms with Crippen molar-refractivity contribution in [1.29, 1.82) is 0 Å². The molecule has 1 fully saturated rings. The summed E-state index contributed by atoms with van der Waals surface area (Å²) in [6.45, 7) is 4.42. The van der Waals surface area contributed by atoms with E-state index in [4.69, 9.17) is 15.2 Å². The number of carbonyl (C=O) groups is 3. The van der Waals surface area contributed by atoms with Crippen molar-refractivity contribution in [3.05, 3.63) is 6.20 Å². The number of nitrogens with one attached hydrogen (secondary N) is 1. The SMILES string of the molecule is CCCCCCCCCCCCCCCCCC(=O)OC[C@H](CSC[C@H](N)C(=O)Nc1cn(C2[C@@H](O)[C@@H](O)C(O)[C@H](O)[C@@H]2O)nn1)OC(=O)CCCCCCCCCCCCCCCCC. The molecule has 0 saturated heterocycles. The summed E-state index contributed by atoms with van der Waals surface area (Å²) in [5.41, 5.74) is 6.18. The van der Waals surface area contributed by atoms with Crippen molar-refractivity contribution in [3.63, 3.8) is 0 Å². The van der Waals surface area contributed by atoms with E-state index in [0.717, 1.165) is 43.2 Å². The smallest absolute Gasteiger partial charge is 0.306 e. The monoisotopic (exact) mass is 956 g/mol. The lowest BCUT2D eigenvalue weighted by Crippen LogP contribution is -2.61. The molecule has 0 spiro atoms. The lowest BCUT2D eigenvalue weighted by atomic mass is 9.83. The van der Waals surface area contributed by atoms with E-state index in [0.29, 0.717) is 6.42 Å². The van der Waals surface area contributed by atoms with Gasteiger partial charge in [0.15, 0.2) is 5.82 Å². The van der Waals surface area contributed by atoms with Crippen LogP contribution in [0.4, 0.5) is 5.82 Å². The van der Waals surface area contributed by atoms with E-state index in [9.17, 15) is 39.9 Å². The van der Waals surface area contributed by atoms with Gasteiger partial charge in [0.1, 0.15) is 49.3 Å². The van der Waals surface area contributed by atoms with Crippen molar-refractivity contribution in [2.24, 2.45) is 5.73 Å². The number of aromatic nitrogens is 3. The number of carbonyl (C=O) groups excluding carboxylic acids is 3. The Morgan fingerprint density at radius 2 is 0.970 bits per heavy atom. The minimum atomic E-state index is -1.76. The third kappa shape index (κ3) is 27.0. The van der Waals surface area contributed by atoms with Crippen LogP contribution in [0, 0.1) is 0 Å². The van der Waals surface area contributed by atoms with E-state index in [2.05, 4.69) is 29.5 Å². The van der Waals surface area contributed by atoms with Gasteiger partial charge in [-0.25, -0.2) is 4.68 Å². The second-order valence-corrected chi connectivity index (χ2v) is 19.9. The highest BCUT2D eigenvalue weighted by atomic mass is 32.2. The highest BCUT2D eigenvalue weighted by molar-refractivity contribution is 7.99. The molecule has 1 aliphatic carbocycles. The van der Waals surface area contributed by atoms with Crippen LogP contribution in [0.5, 0.6) is 0 Å². The summed E-state index contributed by atoms with van der Waals surface area (Å²) in [6.07, 6.45) is 29.6. The highest BCUT2D eigenvalue weighted by Gasteiger charge is 2.49. The summed E-state index contributed by atoms with van der Waals surface area (Å²) in [5, 5.41) is 61.0. The number of anilines is 1. The quantitative estimate of drug-likeness (QED) is 0.0240. The van der Waals surface area contributed by atoms with Crippen LogP contribution in [0.3, 0.4) is 0 Å². The van der Waals surface area contributed by atoms with E-state index in [1.54, 1.807) is 0 Å². The number of hydrogen-bond donors (Lipinski definition) is 7. The molecular formula is C50H93N5O10S. The lowest BCUT2D eigenvalue weighted by molar-refractivity contribution is -0.200. The first kappa shape index (κ1) is 59.8. The van der Waals surface area contributed by atoms with Crippen LogP contribution in [0.15, 0.2) is 6.20 Å². The predicted octanol–water partition coefficient (Wildman–Crippen LogP) is 8.61. The zero-order valence-electron chi connectivity index (χ0n) is 41.0. The second kappa shape index (κ2) is 38.5. The van der Waals surface area contributed by atoms with Crippen molar-refractivity contribution in [1.82, 2.24) is 15.0 Å². The number of nitrogens with zero attached hydrogens (tertiary/aromatic N) is 3. The Morgan fingerprint density at radius 3 is 1.39 bits per heavy atom. The van der Waals surface area contributed by atoms with Gasteiger partial charge in [-0.1, -0.05) is 199 Å². The number of hydrogen-bond acceptors (Lipinski definition) is 14. The van der Waals surface area contributed by atoms with Crippen molar-refractivity contribution in [2.75, 3.05) is 23.4 Å². The van der Waals surface area contributed by atoms with Crippen LogP contribution in [0.1, 0.15) is 225 Å². The molecule has 0 radical (unpaired) electrons. The number of aliphatic hydroxyl groups excluding tert-OH is 5. The van der Waals surface area contributed by atoms with Gasteiger partial charge in [0.25, 0.3) is 0 Å².